The van der Waals surface area contributed by atoms with E-state index >= 15 is 0 Å². The molecule has 1 amide bonds. The average molecular weight is 383 g/mol. The second kappa shape index (κ2) is 9.00. The Bertz CT molecular complexity index is 772. The molecule has 0 aromatic heterocycles. The topological polar surface area (TPSA) is 56.8 Å². The van der Waals surface area contributed by atoms with Gasteiger partial charge < -0.3 is 19.5 Å². The van der Waals surface area contributed by atoms with Crippen molar-refractivity contribution in [1.82, 2.24) is 5.32 Å². The number of hydrogen-bond acceptors (Lipinski definition) is 4. The molecule has 1 saturated carbocycles. The Kier molecular flexibility index (Phi) is 6.45. The maximum Gasteiger partial charge on any atom is 0.252 e. The molecule has 0 unspecified atom stereocenters. The van der Waals surface area contributed by atoms with Crippen molar-refractivity contribution >= 4 is 5.91 Å². The molecule has 1 N–H and O–H groups in total. The molecule has 1 aliphatic carbocycles. The quantitative estimate of drug-likeness (QED) is 0.682. The predicted octanol–water partition coefficient (Wildman–Crippen LogP) is 4.69. The summed E-state index contributed by atoms with van der Waals surface area (Å²) in [7, 11) is 0. The molecule has 1 fully saturated rings. The highest BCUT2D eigenvalue weighted by Gasteiger charge is 2.40. The zero-order valence-electron chi connectivity index (χ0n) is 16.9. The molecular weight excluding hydrogens is 354 g/mol. The molecule has 0 atom stereocenters. The lowest BCUT2D eigenvalue weighted by atomic mass is 9.71. The Balaban J connectivity index is 1.92. The highest BCUT2D eigenvalue weighted by molar-refractivity contribution is 5.96. The van der Waals surface area contributed by atoms with E-state index in [9.17, 15) is 4.79 Å². The fraction of sp³-hybridized carbons (Fsp3) is 0.435. The molecular formula is C23H29NO4. The summed E-state index contributed by atoms with van der Waals surface area (Å²) in [6.07, 6.45) is 2.99. The van der Waals surface area contributed by atoms with E-state index in [0.29, 0.717) is 42.6 Å². The fourth-order valence-corrected chi connectivity index (χ4v) is 3.58. The van der Waals surface area contributed by atoms with Crippen LogP contribution in [0.15, 0.2) is 42.5 Å². The lowest BCUT2D eigenvalue weighted by Gasteiger charge is -2.43. The van der Waals surface area contributed by atoms with Crippen molar-refractivity contribution in [2.75, 3.05) is 19.8 Å². The summed E-state index contributed by atoms with van der Waals surface area (Å²) >= 11 is 0. The fourth-order valence-electron chi connectivity index (χ4n) is 3.58. The maximum absolute atomic E-state index is 13.1. The summed E-state index contributed by atoms with van der Waals surface area (Å²) in [6, 6.07) is 13.7. The van der Waals surface area contributed by atoms with Crippen LogP contribution in [0.2, 0.25) is 0 Å². The number of benzene rings is 2. The Hall–Kier alpha value is -2.69. The van der Waals surface area contributed by atoms with Crippen LogP contribution in [0.25, 0.3) is 0 Å². The van der Waals surface area contributed by atoms with Gasteiger partial charge in [-0.2, -0.15) is 0 Å². The van der Waals surface area contributed by atoms with Gasteiger partial charge in [0.15, 0.2) is 11.5 Å². The number of rotatable bonds is 9. The van der Waals surface area contributed by atoms with Gasteiger partial charge in [0.1, 0.15) is 0 Å². The van der Waals surface area contributed by atoms with Crippen LogP contribution in [-0.2, 0) is 5.54 Å². The zero-order chi connectivity index (χ0) is 20.0. The van der Waals surface area contributed by atoms with E-state index in [-0.39, 0.29) is 11.4 Å². The summed E-state index contributed by atoms with van der Waals surface area (Å²) in [4.78, 5) is 13.1. The Morgan fingerprint density at radius 1 is 0.929 bits per heavy atom. The smallest absolute Gasteiger partial charge is 0.252 e. The minimum atomic E-state index is -0.297. The molecule has 150 valence electrons. The van der Waals surface area contributed by atoms with Crippen molar-refractivity contribution in [3.05, 3.63) is 53.6 Å². The molecule has 0 aliphatic heterocycles. The largest absolute Gasteiger partial charge is 0.490 e. The van der Waals surface area contributed by atoms with Gasteiger partial charge in [-0.3, -0.25) is 4.79 Å². The van der Waals surface area contributed by atoms with Crippen LogP contribution < -0.4 is 19.5 Å². The standard InChI is InChI=1S/C23H29NO4/c1-4-26-19-15-17(16-20(27-5-2)21(19)28-6-3)22(25)24-23(13-10-14-23)18-11-8-7-9-12-18/h7-9,11-12,15-16H,4-6,10,13-14H2,1-3H3,(H,24,25). The van der Waals surface area contributed by atoms with Crippen LogP contribution in [-0.4, -0.2) is 25.7 Å². The first kappa shape index (κ1) is 20.1. The van der Waals surface area contributed by atoms with Crippen molar-refractivity contribution in [2.45, 2.75) is 45.6 Å². The van der Waals surface area contributed by atoms with E-state index in [1.807, 2.05) is 39.0 Å². The third-order valence-electron chi connectivity index (χ3n) is 5.06. The van der Waals surface area contributed by atoms with Crippen LogP contribution in [0.3, 0.4) is 0 Å². The van der Waals surface area contributed by atoms with E-state index in [4.69, 9.17) is 14.2 Å². The molecule has 0 spiro atoms. The van der Waals surface area contributed by atoms with Crippen molar-refractivity contribution in [3.8, 4) is 17.2 Å². The predicted molar refractivity (Wildman–Crippen MR) is 109 cm³/mol. The van der Waals surface area contributed by atoms with Gasteiger partial charge in [-0.1, -0.05) is 30.3 Å². The van der Waals surface area contributed by atoms with Gasteiger partial charge >= 0.3 is 0 Å². The molecule has 28 heavy (non-hydrogen) atoms. The molecule has 5 heteroatoms. The third kappa shape index (κ3) is 4.08. The summed E-state index contributed by atoms with van der Waals surface area (Å²) in [6.45, 7) is 7.16. The second-order valence-electron chi connectivity index (χ2n) is 6.86. The third-order valence-corrected chi connectivity index (χ3v) is 5.06. The number of nitrogens with one attached hydrogen (secondary N) is 1. The number of hydrogen-bond donors (Lipinski definition) is 1. The van der Waals surface area contributed by atoms with Crippen LogP contribution in [0.1, 0.15) is 56.0 Å². The first-order valence-corrected chi connectivity index (χ1v) is 10.1. The Morgan fingerprint density at radius 2 is 1.50 bits per heavy atom. The van der Waals surface area contributed by atoms with E-state index < -0.39 is 0 Å². The zero-order valence-corrected chi connectivity index (χ0v) is 16.9. The Labute approximate surface area is 167 Å². The van der Waals surface area contributed by atoms with Gasteiger partial charge in [-0.15, -0.1) is 0 Å². The minimum Gasteiger partial charge on any atom is -0.490 e. The normalized spacial score (nSPS) is 14.7. The number of carbonyl (C=O) groups is 1. The van der Waals surface area contributed by atoms with E-state index in [2.05, 4.69) is 17.4 Å². The van der Waals surface area contributed by atoms with Crippen molar-refractivity contribution < 1.29 is 19.0 Å². The monoisotopic (exact) mass is 383 g/mol. The molecule has 2 aromatic carbocycles. The number of carbonyl (C=O) groups excluding carboxylic acids is 1. The van der Waals surface area contributed by atoms with Crippen LogP contribution >= 0.6 is 0 Å². The van der Waals surface area contributed by atoms with Crippen molar-refractivity contribution in [3.63, 3.8) is 0 Å². The second-order valence-corrected chi connectivity index (χ2v) is 6.86. The highest BCUT2D eigenvalue weighted by Crippen LogP contribution is 2.43. The molecule has 5 nitrogen and oxygen atoms in total. The van der Waals surface area contributed by atoms with Crippen molar-refractivity contribution in [2.24, 2.45) is 0 Å². The Morgan fingerprint density at radius 3 is 1.96 bits per heavy atom. The summed E-state index contributed by atoms with van der Waals surface area (Å²) in [5.41, 5.74) is 1.36. The summed E-state index contributed by atoms with van der Waals surface area (Å²) in [5, 5.41) is 3.26. The molecule has 1 aliphatic rings. The first-order chi connectivity index (χ1) is 13.6. The van der Waals surface area contributed by atoms with E-state index in [1.165, 1.54) is 0 Å². The first-order valence-electron chi connectivity index (χ1n) is 10.1. The van der Waals surface area contributed by atoms with Crippen LogP contribution in [0.4, 0.5) is 0 Å². The van der Waals surface area contributed by atoms with Crippen LogP contribution in [0.5, 0.6) is 17.2 Å². The van der Waals surface area contributed by atoms with Crippen molar-refractivity contribution in [1.29, 1.82) is 0 Å². The minimum absolute atomic E-state index is 0.131. The lowest BCUT2D eigenvalue weighted by Crippen LogP contribution is -2.50. The number of amides is 1. The molecule has 0 bridgehead atoms. The molecule has 0 saturated heterocycles. The SMILES string of the molecule is CCOc1cc(C(=O)NC2(c3ccccc3)CCC2)cc(OCC)c1OCC. The lowest BCUT2D eigenvalue weighted by molar-refractivity contribution is 0.0822. The maximum atomic E-state index is 13.1. The molecule has 2 aromatic rings. The van der Waals surface area contributed by atoms with Crippen LogP contribution in [0, 0.1) is 0 Å². The number of ether oxygens (including phenoxy) is 3. The highest BCUT2D eigenvalue weighted by atomic mass is 16.5. The molecule has 3 rings (SSSR count). The summed E-state index contributed by atoms with van der Waals surface area (Å²) in [5.74, 6) is 1.48. The van der Waals surface area contributed by atoms with Gasteiger partial charge in [-0.05, 0) is 57.7 Å². The van der Waals surface area contributed by atoms with Gasteiger partial charge in [0.05, 0.1) is 25.4 Å². The van der Waals surface area contributed by atoms with Gasteiger partial charge in [0.2, 0.25) is 5.75 Å². The molecule has 0 heterocycles. The van der Waals surface area contributed by atoms with Gasteiger partial charge in [0.25, 0.3) is 5.91 Å². The van der Waals surface area contributed by atoms with Gasteiger partial charge in [-0.25, -0.2) is 0 Å². The summed E-state index contributed by atoms with van der Waals surface area (Å²) < 4.78 is 17.2. The van der Waals surface area contributed by atoms with Gasteiger partial charge in [0, 0.05) is 5.56 Å². The molecule has 0 radical (unpaired) electrons. The van der Waals surface area contributed by atoms with E-state index in [0.717, 1.165) is 24.8 Å². The van der Waals surface area contributed by atoms with E-state index in [1.54, 1.807) is 12.1 Å². The average Bonchev–Trinajstić information content (AvgIpc) is 2.68.